The van der Waals surface area contributed by atoms with Crippen molar-refractivity contribution in [3.8, 4) is 0 Å². The zero-order chi connectivity index (χ0) is 11.1. The number of benzene rings is 1. The summed E-state index contributed by atoms with van der Waals surface area (Å²) in [5.41, 5.74) is 5.88. The number of hydrogen-bond acceptors (Lipinski definition) is 1. The molecule has 1 atom stereocenters. The van der Waals surface area contributed by atoms with E-state index in [0.717, 1.165) is 0 Å². The third kappa shape index (κ3) is 2.15. The Morgan fingerprint density at radius 2 is 1.81 bits per heavy atom. The Bertz CT molecular complexity index is 478. The molecule has 0 bridgehead atoms. The van der Waals surface area contributed by atoms with Gasteiger partial charge in [0.1, 0.15) is 6.04 Å². The SMILES string of the molecule is Cl.N[C@H](c1c[nH]c2ccccc12)C(F)(F)F. The molecule has 0 aliphatic carbocycles. The first-order valence-electron chi connectivity index (χ1n) is 4.38. The van der Waals surface area contributed by atoms with Gasteiger partial charge in [0.25, 0.3) is 0 Å². The molecule has 0 saturated carbocycles. The molecule has 0 radical (unpaired) electrons. The molecule has 1 heterocycles. The predicted molar refractivity (Wildman–Crippen MR) is 58.5 cm³/mol. The minimum absolute atomic E-state index is 0. The molecule has 0 spiro atoms. The number of nitrogens with one attached hydrogen (secondary N) is 1. The van der Waals surface area contributed by atoms with E-state index in [1.807, 2.05) is 0 Å². The minimum atomic E-state index is -4.41. The van der Waals surface area contributed by atoms with Gasteiger partial charge in [-0.1, -0.05) is 18.2 Å². The zero-order valence-electron chi connectivity index (χ0n) is 8.08. The molecule has 0 unspecified atom stereocenters. The predicted octanol–water partition coefficient (Wildman–Crippen LogP) is 3.15. The summed E-state index contributed by atoms with van der Waals surface area (Å²) >= 11 is 0. The first-order chi connectivity index (χ1) is 7.00. The highest BCUT2D eigenvalue weighted by atomic mass is 35.5. The maximum absolute atomic E-state index is 12.4. The number of aromatic amines is 1. The third-order valence-corrected chi connectivity index (χ3v) is 2.31. The van der Waals surface area contributed by atoms with Crippen molar-refractivity contribution in [1.82, 2.24) is 4.98 Å². The Balaban J connectivity index is 0.00000128. The van der Waals surface area contributed by atoms with E-state index in [-0.39, 0.29) is 18.0 Å². The van der Waals surface area contributed by atoms with Crippen LogP contribution in [0.2, 0.25) is 0 Å². The van der Waals surface area contributed by atoms with Gasteiger partial charge in [0.05, 0.1) is 0 Å². The molecule has 2 nitrogen and oxygen atoms in total. The summed E-state index contributed by atoms with van der Waals surface area (Å²) in [4.78, 5) is 2.76. The molecule has 0 saturated heterocycles. The van der Waals surface area contributed by atoms with Crippen LogP contribution in [0, 0.1) is 0 Å². The number of para-hydroxylation sites is 1. The van der Waals surface area contributed by atoms with Crippen LogP contribution in [0.3, 0.4) is 0 Å². The summed E-state index contributed by atoms with van der Waals surface area (Å²) < 4.78 is 37.2. The fourth-order valence-electron chi connectivity index (χ4n) is 1.53. The molecule has 1 aromatic carbocycles. The Labute approximate surface area is 96.0 Å². The molecule has 0 fully saturated rings. The Morgan fingerprint density at radius 3 is 2.44 bits per heavy atom. The van der Waals surface area contributed by atoms with Gasteiger partial charge in [-0.3, -0.25) is 0 Å². The molecule has 0 amide bonds. The van der Waals surface area contributed by atoms with E-state index < -0.39 is 12.2 Å². The molecule has 1 aromatic heterocycles. The van der Waals surface area contributed by atoms with Gasteiger partial charge in [-0.2, -0.15) is 13.2 Å². The molecular formula is C10H10ClF3N2. The second-order valence-electron chi connectivity index (χ2n) is 3.31. The van der Waals surface area contributed by atoms with Gasteiger partial charge in [-0.25, -0.2) is 0 Å². The normalized spacial score (nSPS) is 13.5. The number of H-pyrrole nitrogens is 1. The van der Waals surface area contributed by atoms with E-state index in [1.165, 1.54) is 6.20 Å². The van der Waals surface area contributed by atoms with E-state index in [9.17, 15) is 13.2 Å². The number of alkyl halides is 3. The van der Waals surface area contributed by atoms with Crippen LogP contribution in [0.1, 0.15) is 11.6 Å². The van der Waals surface area contributed by atoms with E-state index >= 15 is 0 Å². The average Bonchev–Trinajstić information content (AvgIpc) is 2.58. The van der Waals surface area contributed by atoms with Crippen LogP contribution in [0.25, 0.3) is 10.9 Å². The van der Waals surface area contributed by atoms with Crippen molar-refractivity contribution >= 4 is 23.3 Å². The Hall–Kier alpha value is -1.20. The maximum atomic E-state index is 12.4. The quantitative estimate of drug-likeness (QED) is 0.802. The highest BCUT2D eigenvalue weighted by Gasteiger charge is 2.38. The van der Waals surface area contributed by atoms with Crippen molar-refractivity contribution in [3.63, 3.8) is 0 Å². The van der Waals surface area contributed by atoms with E-state index in [2.05, 4.69) is 4.98 Å². The molecule has 0 aliphatic heterocycles. The van der Waals surface area contributed by atoms with Crippen LogP contribution < -0.4 is 5.73 Å². The van der Waals surface area contributed by atoms with Crippen LogP contribution in [-0.4, -0.2) is 11.2 Å². The van der Waals surface area contributed by atoms with Crippen molar-refractivity contribution in [3.05, 3.63) is 36.0 Å². The van der Waals surface area contributed by atoms with E-state index in [0.29, 0.717) is 10.9 Å². The van der Waals surface area contributed by atoms with Gasteiger partial charge < -0.3 is 10.7 Å². The maximum Gasteiger partial charge on any atom is 0.407 e. The molecular weight excluding hydrogens is 241 g/mol. The zero-order valence-corrected chi connectivity index (χ0v) is 8.90. The number of rotatable bonds is 1. The standard InChI is InChI=1S/C10H9F3N2.ClH/c11-10(12,13)9(14)7-5-15-8-4-2-1-3-6(7)8;/h1-5,9,15H,14H2;1H/t9-;/m1./s1. The summed E-state index contributed by atoms with van der Waals surface area (Å²) in [5, 5.41) is 0.516. The number of nitrogens with two attached hydrogens (primary N) is 1. The second-order valence-corrected chi connectivity index (χ2v) is 3.31. The smallest absolute Gasteiger partial charge is 0.361 e. The number of halogens is 4. The number of fused-ring (bicyclic) bond motifs is 1. The Morgan fingerprint density at radius 1 is 1.19 bits per heavy atom. The van der Waals surface area contributed by atoms with Crippen LogP contribution in [0.4, 0.5) is 13.2 Å². The van der Waals surface area contributed by atoms with Gasteiger partial charge in [-0.15, -0.1) is 12.4 Å². The third-order valence-electron chi connectivity index (χ3n) is 2.31. The number of aromatic nitrogens is 1. The monoisotopic (exact) mass is 250 g/mol. The summed E-state index contributed by atoms with van der Waals surface area (Å²) in [7, 11) is 0. The number of hydrogen-bond donors (Lipinski definition) is 2. The molecule has 2 aromatic rings. The summed E-state index contributed by atoms with van der Waals surface area (Å²) in [5.74, 6) is 0. The minimum Gasteiger partial charge on any atom is -0.361 e. The first-order valence-corrected chi connectivity index (χ1v) is 4.38. The highest BCUT2D eigenvalue weighted by Crippen LogP contribution is 2.34. The van der Waals surface area contributed by atoms with E-state index in [4.69, 9.17) is 5.73 Å². The highest BCUT2D eigenvalue weighted by molar-refractivity contribution is 5.85. The van der Waals surface area contributed by atoms with Crippen molar-refractivity contribution in [1.29, 1.82) is 0 Å². The Kier molecular flexibility index (Phi) is 3.50. The van der Waals surface area contributed by atoms with Crippen molar-refractivity contribution in [2.24, 2.45) is 5.73 Å². The lowest BCUT2D eigenvalue weighted by Crippen LogP contribution is -2.28. The lowest BCUT2D eigenvalue weighted by atomic mass is 10.1. The summed E-state index contributed by atoms with van der Waals surface area (Å²) in [6.07, 6.45) is -3.10. The van der Waals surface area contributed by atoms with Crippen LogP contribution in [-0.2, 0) is 0 Å². The summed E-state index contributed by atoms with van der Waals surface area (Å²) in [6.45, 7) is 0. The van der Waals surface area contributed by atoms with Crippen LogP contribution in [0.5, 0.6) is 0 Å². The largest absolute Gasteiger partial charge is 0.407 e. The molecule has 0 aliphatic rings. The lowest BCUT2D eigenvalue weighted by Gasteiger charge is -2.14. The molecule has 16 heavy (non-hydrogen) atoms. The van der Waals surface area contributed by atoms with Crippen LogP contribution in [0.15, 0.2) is 30.5 Å². The molecule has 3 N–H and O–H groups in total. The van der Waals surface area contributed by atoms with Gasteiger partial charge in [-0.05, 0) is 6.07 Å². The molecule has 88 valence electrons. The van der Waals surface area contributed by atoms with Gasteiger partial charge >= 0.3 is 6.18 Å². The van der Waals surface area contributed by atoms with Gasteiger partial charge in [0.15, 0.2) is 0 Å². The lowest BCUT2D eigenvalue weighted by molar-refractivity contribution is -0.148. The fourth-order valence-corrected chi connectivity index (χ4v) is 1.53. The van der Waals surface area contributed by atoms with Crippen molar-refractivity contribution in [2.45, 2.75) is 12.2 Å². The topological polar surface area (TPSA) is 41.8 Å². The second kappa shape index (κ2) is 4.35. The first kappa shape index (κ1) is 12.9. The van der Waals surface area contributed by atoms with Crippen LogP contribution >= 0.6 is 12.4 Å². The average molecular weight is 251 g/mol. The van der Waals surface area contributed by atoms with Crippen molar-refractivity contribution < 1.29 is 13.2 Å². The molecule has 2 rings (SSSR count). The van der Waals surface area contributed by atoms with Gasteiger partial charge in [0.2, 0.25) is 0 Å². The molecule has 6 heteroatoms. The fraction of sp³-hybridized carbons (Fsp3) is 0.200. The van der Waals surface area contributed by atoms with E-state index in [1.54, 1.807) is 24.3 Å². The van der Waals surface area contributed by atoms with Crippen molar-refractivity contribution in [2.75, 3.05) is 0 Å². The summed E-state index contributed by atoms with van der Waals surface area (Å²) in [6, 6.07) is 4.83. The van der Waals surface area contributed by atoms with Gasteiger partial charge in [0, 0.05) is 22.7 Å².